The molecule has 1 saturated carbocycles. The maximum absolute atomic E-state index is 12.3. The van der Waals surface area contributed by atoms with Crippen LogP contribution in [0.4, 0.5) is 5.69 Å². The highest BCUT2D eigenvalue weighted by Crippen LogP contribution is 2.38. The molecule has 0 spiro atoms. The van der Waals surface area contributed by atoms with Gasteiger partial charge >= 0.3 is 0 Å². The monoisotopic (exact) mass is 327 g/mol. The van der Waals surface area contributed by atoms with Crippen molar-refractivity contribution >= 4 is 17.5 Å². The lowest BCUT2D eigenvalue weighted by Gasteiger charge is -2.08. The lowest BCUT2D eigenvalue weighted by Crippen LogP contribution is -2.20. The van der Waals surface area contributed by atoms with E-state index in [1.807, 2.05) is 0 Å². The summed E-state index contributed by atoms with van der Waals surface area (Å²) >= 11 is 0. The Bertz CT molecular complexity index is 822. The summed E-state index contributed by atoms with van der Waals surface area (Å²) in [5, 5.41) is 2.73. The first-order valence-electron chi connectivity index (χ1n) is 7.58. The molecule has 1 aromatic heterocycles. The zero-order valence-corrected chi connectivity index (χ0v) is 12.9. The number of ether oxygens (including phenoxy) is 1. The SMILES string of the molecule is NC(=O)COc1ccc(NC(=O)c2cc(C3CC3)[nH]c(=O)c2)cc1. The largest absolute Gasteiger partial charge is 0.484 e. The van der Waals surface area contributed by atoms with E-state index >= 15 is 0 Å². The van der Waals surface area contributed by atoms with E-state index in [1.165, 1.54) is 6.07 Å². The zero-order chi connectivity index (χ0) is 17.1. The summed E-state index contributed by atoms with van der Waals surface area (Å²) in [6, 6.07) is 9.52. The van der Waals surface area contributed by atoms with Gasteiger partial charge in [0.25, 0.3) is 11.8 Å². The number of amides is 2. The Kier molecular flexibility index (Phi) is 4.33. The Balaban J connectivity index is 1.68. The molecule has 0 radical (unpaired) electrons. The van der Waals surface area contributed by atoms with E-state index in [2.05, 4.69) is 10.3 Å². The van der Waals surface area contributed by atoms with Gasteiger partial charge in [-0.2, -0.15) is 0 Å². The van der Waals surface area contributed by atoms with Crippen LogP contribution in [0.5, 0.6) is 5.75 Å². The number of H-pyrrole nitrogens is 1. The first-order chi connectivity index (χ1) is 11.5. The number of rotatable bonds is 6. The number of primary amides is 1. The van der Waals surface area contributed by atoms with E-state index in [0.717, 1.165) is 18.5 Å². The number of aromatic nitrogens is 1. The van der Waals surface area contributed by atoms with E-state index in [9.17, 15) is 14.4 Å². The van der Waals surface area contributed by atoms with Crippen molar-refractivity contribution in [2.45, 2.75) is 18.8 Å². The second-order valence-electron chi connectivity index (χ2n) is 5.70. The van der Waals surface area contributed by atoms with Crippen LogP contribution in [0.1, 0.15) is 34.8 Å². The third-order valence-electron chi connectivity index (χ3n) is 3.64. The van der Waals surface area contributed by atoms with Crippen LogP contribution in [0.15, 0.2) is 41.2 Å². The van der Waals surface area contributed by atoms with Crippen molar-refractivity contribution < 1.29 is 14.3 Å². The van der Waals surface area contributed by atoms with Crippen molar-refractivity contribution in [2.75, 3.05) is 11.9 Å². The number of anilines is 1. The highest BCUT2D eigenvalue weighted by atomic mass is 16.5. The van der Waals surface area contributed by atoms with Crippen molar-refractivity contribution in [3.63, 3.8) is 0 Å². The molecule has 2 amide bonds. The van der Waals surface area contributed by atoms with Gasteiger partial charge in [0, 0.05) is 23.0 Å². The number of nitrogens with two attached hydrogens (primary N) is 1. The predicted molar refractivity (Wildman–Crippen MR) is 88.1 cm³/mol. The van der Waals surface area contributed by atoms with Crippen molar-refractivity contribution in [2.24, 2.45) is 5.73 Å². The fraction of sp³-hybridized carbons (Fsp3) is 0.235. The topological polar surface area (TPSA) is 114 Å². The minimum absolute atomic E-state index is 0.206. The molecule has 0 aliphatic heterocycles. The molecule has 1 fully saturated rings. The summed E-state index contributed by atoms with van der Waals surface area (Å²) in [5.74, 6) is -0.0898. The number of nitrogens with one attached hydrogen (secondary N) is 2. The van der Waals surface area contributed by atoms with E-state index in [0.29, 0.717) is 22.9 Å². The number of benzene rings is 1. The average molecular weight is 327 g/mol. The zero-order valence-electron chi connectivity index (χ0n) is 12.9. The molecule has 24 heavy (non-hydrogen) atoms. The van der Waals surface area contributed by atoms with Crippen LogP contribution in [0.25, 0.3) is 0 Å². The van der Waals surface area contributed by atoms with Gasteiger partial charge in [-0.3, -0.25) is 14.4 Å². The van der Waals surface area contributed by atoms with Crippen LogP contribution >= 0.6 is 0 Å². The standard InChI is InChI=1S/C17H17N3O4/c18-15(21)9-24-13-5-3-12(4-6-13)19-17(23)11-7-14(10-1-2-10)20-16(22)8-11/h3-8,10H,1-2,9H2,(H2,18,21)(H,19,23)(H,20,22). The van der Waals surface area contributed by atoms with Crippen LogP contribution in [-0.4, -0.2) is 23.4 Å². The van der Waals surface area contributed by atoms with Crippen molar-refractivity contribution in [1.82, 2.24) is 4.98 Å². The minimum atomic E-state index is -0.562. The second kappa shape index (κ2) is 6.57. The van der Waals surface area contributed by atoms with E-state index in [4.69, 9.17) is 10.5 Å². The van der Waals surface area contributed by atoms with E-state index in [1.54, 1.807) is 30.3 Å². The highest BCUT2D eigenvalue weighted by molar-refractivity contribution is 6.04. The van der Waals surface area contributed by atoms with Gasteiger partial charge in [-0.1, -0.05) is 0 Å². The van der Waals surface area contributed by atoms with Crippen LogP contribution in [0.2, 0.25) is 0 Å². The molecule has 2 aromatic rings. The molecule has 0 saturated heterocycles. The Morgan fingerprint density at radius 3 is 2.54 bits per heavy atom. The molecule has 4 N–H and O–H groups in total. The molecule has 124 valence electrons. The summed E-state index contributed by atoms with van der Waals surface area (Å²) in [5.41, 5.74) is 6.42. The first kappa shape index (κ1) is 15.8. The number of carbonyl (C=O) groups excluding carboxylic acids is 2. The summed E-state index contributed by atoms with van der Waals surface area (Å²) in [6.45, 7) is -0.206. The molecule has 7 nitrogen and oxygen atoms in total. The maximum Gasteiger partial charge on any atom is 0.255 e. The lowest BCUT2D eigenvalue weighted by molar-refractivity contribution is -0.119. The number of hydrogen-bond acceptors (Lipinski definition) is 4. The smallest absolute Gasteiger partial charge is 0.255 e. The molecule has 1 aliphatic rings. The number of aromatic amines is 1. The van der Waals surface area contributed by atoms with Crippen LogP contribution in [0.3, 0.4) is 0 Å². The molecule has 7 heteroatoms. The van der Waals surface area contributed by atoms with Gasteiger partial charge in [0.05, 0.1) is 0 Å². The van der Waals surface area contributed by atoms with Gasteiger partial charge in [-0.15, -0.1) is 0 Å². The third kappa shape index (κ3) is 4.01. The number of hydrogen-bond donors (Lipinski definition) is 3. The van der Waals surface area contributed by atoms with E-state index in [-0.39, 0.29) is 18.1 Å². The molecule has 1 aromatic carbocycles. The molecule has 1 heterocycles. The Morgan fingerprint density at radius 2 is 1.92 bits per heavy atom. The normalized spacial score (nSPS) is 13.3. The molecular formula is C17H17N3O4. The Morgan fingerprint density at radius 1 is 1.21 bits per heavy atom. The van der Waals surface area contributed by atoms with Gasteiger partial charge < -0.3 is 20.8 Å². The molecule has 0 bridgehead atoms. The quantitative estimate of drug-likeness (QED) is 0.743. The average Bonchev–Trinajstić information content (AvgIpc) is 3.38. The van der Waals surface area contributed by atoms with Crippen molar-refractivity contribution in [3.8, 4) is 5.75 Å². The summed E-state index contributed by atoms with van der Waals surface area (Å²) in [4.78, 5) is 37.4. The van der Waals surface area contributed by atoms with Gasteiger partial charge in [0.15, 0.2) is 6.61 Å². The van der Waals surface area contributed by atoms with Crippen LogP contribution in [-0.2, 0) is 4.79 Å². The third-order valence-corrected chi connectivity index (χ3v) is 3.64. The molecule has 0 atom stereocenters. The number of carbonyl (C=O) groups is 2. The molecular weight excluding hydrogens is 310 g/mol. The molecule has 3 rings (SSSR count). The minimum Gasteiger partial charge on any atom is -0.484 e. The number of pyridine rings is 1. The molecule has 1 aliphatic carbocycles. The van der Waals surface area contributed by atoms with Gasteiger partial charge in [-0.25, -0.2) is 0 Å². The first-order valence-corrected chi connectivity index (χ1v) is 7.58. The maximum atomic E-state index is 12.3. The van der Waals surface area contributed by atoms with Crippen molar-refractivity contribution in [1.29, 1.82) is 0 Å². The fourth-order valence-electron chi connectivity index (χ4n) is 2.30. The fourth-order valence-corrected chi connectivity index (χ4v) is 2.30. The van der Waals surface area contributed by atoms with Gasteiger partial charge in [0.2, 0.25) is 5.56 Å². The summed E-state index contributed by atoms with van der Waals surface area (Å²) < 4.78 is 5.14. The summed E-state index contributed by atoms with van der Waals surface area (Å²) in [7, 11) is 0. The second-order valence-corrected chi connectivity index (χ2v) is 5.70. The summed E-state index contributed by atoms with van der Waals surface area (Å²) in [6.07, 6.45) is 2.07. The van der Waals surface area contributed by atoms with Crippen LogP contribution < -0.4 is 21.3 Å². The highest BCUT2D eigenvalue weighted by Gasteiger charge is 2.25. The van der Waals surface area contributed by atoms with E-state index < -0.39 is 5.91 Å². The van der Waals surface area contributed by atoms with Crippen LogP contribution in [0, 0.1) is 0 Å². The van der Waals surface area contributed by atoms with Gasteiger partial charge in [0.1, 0.15) is 5.75 Å². The lowest BCUT2D eigenvalue weighted by atomic mass is 10.1. The molecule has 0 unspecified atom stereocenters. The Labute approximate surface area is 137 Å². The predicted octanol–water partition coefficient (Wildman–Crippen LogP) is 1.37. The van der Waals surface area contributed by atoms with Gasteiger partial charge in [-0.05, 0) is 49.1 Å². The Hall–Kier alpha value is -3.09. The van der Waals surface area contributed by atoms with Crippen molar-refractivity contribution in [3.05, 3.63) is 58.0 Å².